The summed E-state index contributed by atoms with van der Waals surface area (Å²) < 4.78 is 47.5. The number of amides is 1. The Bertz CT molecular complexity index is 565. The van der Waals surface area contributed by atoms with Crippen LogP contribution in [0.5, 0.6) is 0 Å². The fraction of sp³-hybridized carbons (Fsp3) is 0.467. The predicted octanol–water partition coefficient (Wildman–Crippen LogP) is 2.75. The molecule has 1 aromatic carbocycles. The van der Waals surface area contributed by atoms with Crippen molar-refractivity contribution in [2.24, 2.45) is 0 Å². The average Bonchev–Trinajstić information content (AvgIpc) is 3.01. The van der Waals surface area contributed by atoms with Gasteiger partial charge in [0.15, 0.2) is 12.2 Å². The molecule has 8 heteroatoms. The quantitative estimate of drug-likeness (QED) is 0.862. The molecule has 2 atom stereocenters. The summed E-state index contributed by atoms with van der Waals surface area (Å²) in [6.45, 7) is 1.86. The Morgan fingerprint density at radius 1 is 1.30 bits per heavy atom. The van der Waals surface area contributed by atoms with E-state index in [0.717, 1.165) is 30.7 Å². The van der Waals surface area contributed by atoms with Crippen molar-refractivity contribution in [3.05, 3.63) is 29.8 Å². The zero-order valence-electron chi connectivity index (χ0n) is 12.4. The van der Waals surface area contributed by atoms with E-state index in [1.54, 1.807) is 0 Å². The summed E-state index contributed by atoms with van der Waals surface area (Å²) >= 11 is 0. The van der Waals surface area contributed by atoms with Gasteiger partial charge in [-0.15, -0.1) is 0 Å². The molecule has 1 N–H and O–H groups in total. The number of carbonyl (C=O) groups is 2. The lowest BCUT2D eigenvalue weighted by molar-refractivity contribution is -0.162. The number of nitrogens with one attached hydrogen (secondary N) is 1. The Hall–Kier alpha value is -2.09. The maximum absolute atomic E-state index is 12.4. The highest BCUT2D eigenvalue weighted by Gasteiger charge is 2.30. The minimum absolute atomic E-state index is 0.183. The van der Waals surface area contributed by atoms with Gasteiger partial charge in [0.25, 0.3) is 5.91 Å². The summed E-state index contributed by atoms with van der Waals surface area (Å²) in [5.74, 6) is -1.24. The van der Waals surface area contributed by atoms with E-state index < -0.39 is 35.8 Å². The summed E-state index contributed by atoms with van der Waals surface area (Å²) in [5.41, 5.74) is -0.628. The van der Waals surface area contributed by atoms with Crippen LogP contribution in [0.1, 0.15) is 25.3 Å². The fourth-order valence-electron chi connectivity index (χ4n) is 2.05. The van der Waals surface area contributed by atoms with Gasteiger partial charge in [-0.2, -0.15) is 13.2 Å². The SMILES string of the molecule is C[C@H](OC(=O)[C@@H]1CCCO1)C(=O)Nc1ccc(C(F)(F)F)cc1. The molecular formula is C15H16F3NO4. The molecular weight excluding hydrogens is 315 g/mol. The maximum atomic E-state index is 12.4. The fourth-order valence-corrected chi connectivity index (χ4v) is 2.05. The third-order valence-corrected chi connectivity index (χ3v) is 3.33. The number of esters is 1. The Kier molecular flexibility index (Phi) is 5.25. The maximum Gasteiger partial charge on any atom is 0.416 e. The van der Waals surface area contributed by atoms with Crippen molar-refractivity contribution in [1.82, 2.24) is 0 Å². The molecule has 1 aromatic rings. The van der Waals surface area contributed by atoms with Crippen LogP contribution in [0, 0.1) is 0 Å². The number of halogens is 3. The number of benzene rings is 1. The third kappa shape index (κ3) is 4.69. The molecule has 5 nitrogen and oxygen atoms in total. The number of alkyl halides is 3. The van der Waals surface area contributed by atoms with E-state index in [9.17, 15) is 22.8 Å². The summed E-state index contributed by atoms with van der Waals surface area (Å²) in [6, 6.07) is 3.99. The summed E-state index contributed by atoms with van der Waals surface area (Å²) in [7, 11) is 0. The highest BCUT2D eigenvalue weighted by atomic mass is 19.4. The van der Waals surface area contributed by atoms with Crippen molar-refractivity contribution in [2.45, 2.75) is 38.1 Å². The summed E-state index contributed by atoms with van der Waals surface area (Å²) in [5, 5.41) is 2.39. The van der Waals surface area contributed by atoms with Crippen molar-refractivity contribution < 1.29 is 32.2 Å². The van der Waals surface area contributed by atoms with Crippen LogP contribution >= 0.6 is 0 Å². The van der Waals surface area contributed by atoms with Crippen LogP contribution in [0.3, 0.4) is 0 Å². The monoisotopic (exact) mass is 331 g/mol. The molecule has 0 radical (unpaired) electrons. The Balaban J connectivity index is 1.89. The molecule has 1 aliphatic rings. The van der Waals surface area contributed by atoms with Gasteiger partial charge >= 0.3 is 12.1 Å². The first kappa shape index (κ1) is 17.3. The smallest absolute Gasteiger partial charge is 0.416 e. The molecule has 1 fully saturated rings. The molecule has 1 aliphatic heterocycles. The van der Waals surface area contributed by atoms with Gasteiger partial charge in [-0.3, -0.25) is 4.79 Å². The van der Waals surface area contributed by atoms with E-state index >= 15 is 0 Å². The first-order valence-electron chi connectivity index (χ1n) is 7.07. The van der Waals surface area contributed by atoms with Gasteiger partial charge in [-0.25, -0.2) is 4.79 Å². The van der Waals surface area contributed by atoms with Crippen LogP contribution in [-0.2, 0) is 25.2 Å². The van der Waals surface area contributed by atoms with Gasteiger partial charge in [-0.05, 0) is 44.0 Å². The number of carbonyl (C=O) groups excluding carboxylic acids is 2. The average molecular weight is 331 g/mol. The van der Waals surface area contributed by atoms with E-state index in [1.807, 2.05) is 0 Å². The van der Waals surface area contributed by atoms with E-state index in [1.165, 1.54) is 6.92 Å². The molecule has 1 amide bonds. The number of ether oxygens (including phenoxy) is 2. The van der Waals surface area contributed by atoms with Crippen LogP contribution < -0.4 is 5.32 Å². The van der Waals surface area contributed by atoms with E-state index in [0.29, 0.717) is 13.0 Å². The van der Waals surface area contributed by atoms with Gasteiger partial charge < -0.3 is 14.8 Å². The minimum atomic E-state index is -4.44. The number of hydrogen-bond acceptors (Lipinski definition) is 4. The second-order valence-corrected chi connectivity index (χ2v) is 5.15. The van der Waals surface area contributed by atoms with Crippen molar-refractivity contribution in [3.63, 3.8) is 0 Å². The Morgan fingerprint density at radius 2 is 1.96 bits per heavy atom. The molecule has 0 unspecified atom stereocenters. The number of rotatable bonds is 4. The molecule has 1 saturated heterocycles. The zero-order chi connectivity index (χ0) is 17.0. The van der Waals surface area contributed by atoms with Crippen LogP contribution in [0.4, 0.5) is 18.9 Å². The Morgan fingerprint density at radius 3 is 2.48 bits per heavy atom. The number of hydrogen-bond donors (Lipinski definition) is 1. The van der Waals surface area contributed by atoms with Gasteiger partial charge in [-0.1, -0.05) is 0 Å². The molecule has 0 aliphatic carbocycles. The zero-order valence-corrected chi connectivity index (χ0v) is 12.4. The molecule has 23 heavy (non-hydrogen) atoms. The lowest BCUT2D eigenvalue weighted by Crippen LogP contribution is -2.34. The van der Waals surface area contributed by atoms with Crippen molar-refractivity contribution in [1.29, 1.82) is 0 Å². The van der Waals surface area contributed by atoms with Crippen LogP contribution in [0.2, 0.25) is 0 Å². The molecule has 0 aromatic heterocycles. The predicted molar refractivity (Wildman–Crippen MR) is 74.6 cm³/mol. The van der Waals surface area contributed by atoms with Gasteiger partial charge in [0.2, 0.25) is 0 Å². The van der Waals surface area contributed by atoms with Crippen molar-refractivity contribution in [2.75, 3.05) is 11.9 Å². The van der Waals surface area contributed by atoms with Crippen LogP contribution in [-0.4, -0.2) is 30.7 Å². The molecule has 0 saturated carbocycles. The van der Waals surface area contributed by atoms with Crippen LogP contribution in [0.25, 0.3) is 0 Å². The number of anilines is 1. The van der Waals surface area contributed by atoms with Crippen molar-refractivity contribution in [3.8, 4) is 0 Å². The molecule has 1 heterocycles. The molecule has 0 bridgehead atoms. The first-order valence-corrected chi connectivity index (χ1v) is 7.07. The lowest BCUT2D eigenvalue weighted by atomic mass is 10.2. The largest absolute Gasteiger partial charge is 0.451 e. The standard InChI is InChI=1S/C15H16F3NO4/c1-9(23-14(21)12-3-2-8-22-12)13(20)19-11-6-4-10(5-7-11)15(16,17)18/h4-7,9,12H,2-3,8H2,1H3,(H,19,20)/t9-,12-/m0/s1. The van der Waals surface area contributed by atoms with Gasteiger partial charge in [0, 0.05) is 12.3 Å². The Labute approximate surface area is 130 Å². The summed E-state index contributed by atoms with van der Waals surface area (Å²) in [4.78, 5) is 23.6. The van der Waals surface area contributed by atoms with E-state index in [2.05, 4.69) is 5.32 Å². The van der Waals surface area contributed by atoms with E-state index in [4.69, 9.17) is 9.47 Å². The summed E-state index contributed by atoms with van der Waals surface area (Å²) in [6.07, 6.45) is -4.87. The first-order chi connectivity index (χ1) is 10.8. The topological polar surface area (TPSA) is 64.6 Å². The third-order valence-electron chi connectivity index (χ3n) is 3.33. The lowest BCUT2D eigenvalue weighted by Gasteiger charge is -2.16. The van der Waals surface area contributed by atoms with Gasteiger partial charge in [0.05, 0.1) is 5.56 Å². The second-order valence-electron chi connectivity index (χ2n) is 5.15. The van der Waals surface area contributed by atoms with Crippen molar-refractivity contribution >= 4 is 17.6 Å². The normalized spacial score (nSPS) is 19.2. The van der Waals surface area contributed by atoms with Gasteiger partial charge in [0.1, 0.15) is 0 Å². The second kappa shape index (κ2) is 6.99. The molecule has 126 valence electrons. The van der Waals surface area contributed by atoms with Crippen LogP contribution in [0.15, 0.2) is 24.3 Å². The minimum Gasteiger partial charge on any atom is -0.451 e. The molecule has 2 rings (SSSR count). The molecule has 0 spiro atoms. The van der Waals surface area contributed by atoms with E-state index in [-0.39, 0.29) is 5.69 Å². The highest BCUT2D eigenvalue weighted by Crippen LogP contribution is 2.29. The highest BCUT2D eigenvalue weighted by molar-refractivity contribution is 5.95.